The Hall–Kier alpha value is -1.91. The van der Waals surface area contributed by atoms with Crippen molar-refractivity contribution in [1.82, 2.24) is 10.1 Å². The standard InChI is InChI=1S/C12H11FN2O2/c1-12(4-5-12)11-14-10(17-15-11)8-3-2-7(13)6-9(8)16/h2-3,6,16H,4-5H2,1H3. The lowest BCUT2D eigenvalue weighted by Gasteiger charge is -1.99. The summed E-state index contributed by atoms with van der Waals surface area (Å²) >= 11 is 0. The number of rotatable bonds is 2. The lowest BCUT2D eigenvalue weighted by molar-refractivity contribution is 0.411. The highest BCUT2D eigenvalue weighted by Gasteiger charge is 2.43. The van der Waals surface area contributed by atoms with Crippen LogP contribution in [0.3, 0.4) is 0 Å². The van der Waals surface area contributed by atoms with Crippen LogP contribution in [0.4, 0.5) is 4.39 Å². The van der Waals surface area contributed by atoms with Gasteiger partial charge in [0.15, 0.2) is 5.82 Å². The van der Waals surface area contributed by atoms with Crippen LogP contribution in [0.25, 0.3) is 11.5 Å². The van der Waals surface area contributed by atoms with Gasteiger partial charge in [0.2, 0.25) is 0 Å². The highest BCUT2D eigenvalue weighted by Crippen LogP contribution is 2.46. The molecule has 0 unspecified atom stereocenters. The molecule has 0 atom stereocenters. The monoisotopic (exact) mass is 234 g/mol. The molecule has 1 aromatic carbocycles. The van der Waals surface area contributed by atoms with Crippen LogP contribution in [0.15, 0.2) is 22.7 Å². The third-order valence-corrected chi connectivity index (χ3v) is 3.16. The number of hydrogen-bond donors (Lipinski definition) is 1. The Bertz CT molecular complexity index is 576. The smallest absolute Gasteiger partial charge is 0.261 e. The van der Waals surface area contributed by atoms with E-state index in [2.05, 4.69) is 17.1 Å². The largest absolute Gasteiger partial charge is 0.507 e. The molecule has 0 saturated heterocycles. The molecule has 0 radical (unpaired) electrons. The maximum absolute atomic E-state index is 12.8. The SMILES string of the molecule is CC1(c2noc(-c3ccc(F)cc3O)n2)CC1. The predicted octanol–water partition coefficient (Wildman–Crippen LogP) is 2.63. The molecule has 2 aromatic rings. The average Bonchev–Trinajstić information content (AvgIpc) is 2.85. The fraction of sp³-hybridized carbons (Fsp3) is 0.333. The number of aromatic nitrogens is 2. The molecular weight excluding hydrogens is 223 g/mol. The van der Waals surface area contributed by atoms with Gasteiger partial charge in [-0.1, -0.05) is 12.1 Å². The highest BCUT2D eigenvalue weighted by atomic mass is 19.1. The summed E-state index contributed by atoms with van der Waals surface area (Å²) in [4.78, 5) is 4.24. The van der Waals surface area contributed by atoms with Gasteiger partial charge >= 0.3 is 0 Å². The van der Waals surface area contributed by atoms with Crippen LogP contribution >= 0.6 is 0 Å². The first-order valence-corrected chi connectivity index (χ1v) is 5.42. The number of halogens is 1. The van der Waals surface area contributed by atoms with Crippen LogP contribution < -0.4 is 0 Å². The Kier molecular flexibility index (Phi) is 1.98. The second-order valence-electron chi connectivity index (χ2n) is 4.65. The number of aromatic hydroxyl groups is 1. The van der Waals surface area contributed by atoms with E-state index in [-0.39, 0.29) is 17.1 Å². The van der Waals surface area contributed by atoms with E-state index in [1.54, 1.807) is 0 Å². The fourth-order valence-corrected chi connectivity index (χ4v) is 1.67. The first-order chi connectivity index (χ1) is 8.08. The minimum Gasteiger partial charge on any atom is -0.507 e. The summed E-state index contributed by atoms with van der Waals surface area (Å²) in [6.07, 6.45) is 2.09. The summed E-state index contributed by atoms with van der Waals surface area (Å²) in [6.45, 7) is 2.06. The number of nitrogens with zero attached hydrogens (tertiary/aromatic N) is 2. The Balaban J connectivity index is 2.01. The lowest BCUT2D eigenvalue weighted by atomic mass is 10.1. The molecule has 0 aliphatic heterocycles. The van der Waals surface area contributed by atoms with Crippen molar-refractivity contribution in [2.75, 3.05) is 0 Å². The molecule has 0 bridgehead atoms. The van der Waals surface area contributed by atoms with Gasteiger partial charge in [-0.25, -0.2) is 4.39 Å². The Morgan fingerprint density at radius 3 is 2.82 bits per heavy atom. The van der Waals surface area contributed by atoms with Gasteiger partial charge in [-0.05, 0) is 25.0 Å². The molecule has 1 fully saturated rings. The van der Waals surface area contributed by atoms with E-state index in [0.29, 0.717) is 11.4 Å². The molecule has 17 heavy (non-hydrogen) atoms. The van der Waals surface area contributed by atoms with Crippen LogP contribution in [-0.4, -0.2) is 15.2 Å². The zero-order chi connectivity index (χ0) is 12.0. The van der Waals surface area contributed by atoms with Crippen molar-refractivity contribution < 1.29 is 14.0 Å². The normalized spacial score (nSPS) is 17.1. The van der Waals surface area contributed by atoms with Gasteiger partial charge in [-0.3, -0.25) is 0 Å². The lowest BCUT2D eigenvalue weighted by Crippen LogP contribution is -2.01. The third-order valence-electron chi connectivity index (χ3n) is 3.16. The summed E-state index contributed by atoms with van der Waals surface area (Å²) in [6, 6.07) is 3.70. The fourth-order valence-electron chi connectivity index (χ4n) is 1.67. The molecule has 88 valence electrons. The summed E-state index contributed by atoms with van der Waals surface area (Å²) in [5.41, 5.74) is 0.367. The topological polar surface area (TPSA) is 59.2 Å². The van der Waals surface area contributed by atoms with Crippen molar-refractivity contribution in [3.63, 3.8) is 0 Å². The van der Waals surface area contributed by atoms with E-state index < -0.39 is 5.82 Å². The molecular formula is C12H11FN2O2. The number of hydrogen-bond acceptors (Lipinski definition) is 4. The van der Waals surface area contributed by atoms with Crippen molar-refractivity contribution in [1.29, 1.82) is 0 Å². The molecule has 3 rings (SSSR count). The van der Waals surface area contributed by atoms with Crippen molar-refractivity contribution in [2.24, 2.45) is 0 Å². The molecule has 0 spiro atoms. The van der Waals surface area contributed by atoms with Crippen molar-refractivity contribution in [3.8, 4) is 17.2 Å². The highest BCUT2D eigenvalue weighted by molar-refractivity contribution is 5.61. The maximum Gasteiger partial charge on any atom is 0.261 e. The summed E-state index contributed by atoms with van der Waals surface area (Å²) in [7, 11) is 0. The third kappa shape index (κ3) is 1.67. The predicted molar refractivity (Wildman–Crippen MR) is 57.9 cm³/mol. The van der Waals surface area contributed by atoms with Gasteiger partial charge in [0.1, 0.15) is 11.6 Å². The molecule has 1 aromatic heterocycles. The molecule has 4 nitrogen and oxygen atoms in total. The Morgan fingerprint density at radius 1 is 1.41 bits per heavy atom. The van der Waals surface area contributed by atoms with Crippen LogP contribution in [0.5, 0.6) is 5.75 Å². The minimum atomic E-state index is -0.500. The zero-order valence-electron chi connectivity index (χ0n) is 9.27. The van der Waals surface area contributed by atoms with Crippen LogP contribution in [0, 0.1) is 5.82 Å². The first kappa shape index (κ1) is 10.3. The molecule has 1 saturated carbocycles. The van der Waals surface area contributed by atoms with E-state index in [0.717, 1.165) is 18.9 Å². The Morgan fingerprint density at radius 2 is 2.18 bits per heavy atom. The summed E-state index contributed by atoms with van der Waals surface area (Å²) in [5, 5.41) is 13.5. The quantitative estimate of drug-likeness (QED) is 0.867. The zero-order valence-corrected chi connectivity index (χ0v) is 9.27. The molecule has 1 aliphatic carbocycles. The molecule has 1 aliphatic rings. The number of phenols is 1. The van der Waals surface area contributed by atoms with Gasteiger partial charge < -0.3 is 9.63 Å². The minimum absolute atomic E-state index is 0.0113. The van der Waals surface area contributed by atoms with E-state index in [1.807, 2.05) is 0 Å². The molecule has 1 heterocycles. The van der Waals surface area contributed by atoms with Gasteiger partial charge in [-0.2, -0.15) is 4.98 Å². The maximum atomic E-state index is 12.8. The van der Waals surface area contributed by atoms with Gasteiger partial charge in [-0.15, -0.1) is 0 Å². The van der Waals surface area contributed by atoms with Gasteiger partial charge in [0.25, 0.3) is 5.89 Å². The van der Waals surface area contributed by atoms with Gasteiger partial charge in [0.05, 0.1) is 5.56 Å². The Labute approximate surface area is 97.1 Å². The number of benzene rings is 1. The van der Waals surface area contributed by atoms with E-state index >= 15 is 0 Å². The van der Waals surface area contributed by atoms with E-state index in [1.165, 1.54) is 12.1 Å². The first-order valence-electron chi connectivity index (χ1n) is 5.42. The molecule has 0 amide bonds. The average molecular weight is 234 g/mol. The van der Waals surface area contributed by atoms with Crippen LogP contribution in [0.1, 0.15) is 25.6 Å². The second kappa shape index (κ2) is 3.29. The van der Waals surface area contributed by atoms with Crippen molar-refractivity contribution in [3.05, 3.63) is 29.8 Å². The van der Waals surface area contributed by atoms with Crippen LogP contribution in [0.2, 0.25) is 0 Å². The van der Waals surface area contributed by atoms with E-state index in [4.69, 9.17) is 4.52 Å². The van der Waals surface area contributed by atoms with Crippen molar-refractivity contribution in [2.45, 2.75) is 25.2 Å². The van der Waals surface area contributed by atoms with Crippen molar-refractivity contribution >= 4 is 0 Å². The summed E-state index contributed by atoms with van der Waals surface area (Å²) in [5.74, 6) is 0.183. The van der Waals surface area contributed by atoms with Crippen LogP contribution in [-0.2, 0) is 5.41 Å². The van der Waals surface area contributed by atoms with Gasteiger partial charge in [0, 0.05) is 11.5 Å². The number of phenolic OH excluding ortho intramolecular Hbond substituents is 1. The molecule has 5 heteroatoms. The second-order valence-corrected chi connectivity index (χ2v) is 4.65. The van der Waals surface area contributed by atoms with E-state index in [9.17, 15) is 9.50 Å². The summed E-state index contributed by atoms with van der Waals surface area (Å²) < 4.78 is 17.9. The molecule has 1 N–H and O–H groups in total.